The van der Waals surface area contributed by atoms with Crippen LogP contribution in [-0.2, 0) is 9.53 Å². The summed E-state index contributed by atoms with van der Waals surface area (Å²) >= 11 is 5.93. The van der Waals surface area contributed by atoms with Crippen LogP contribution >= 0.6 is 11.6 Å². The lowest BCUT2D eigenvalue weighted by molar-refractivity contribution is -0.119. The molecule has 9 heteroatoms. The molecule has 1 aromatic heterocycles. The van der Waals surface area contributed by atoms with Gasteiger partial charge in [0, 0.05) is 0 Å². The molecule has 0 spiro atoms. The average molecular weight is 386 g/mol. The quantitative estimate of drug-likeness (QED) is 0.648. The van der Waals surface area contributed by atoms with Gasteiger partial charge in [0.2, 0.25) is 0 Å². The van der Waals surface area contributed by atoms with E-state index in [-0.39, 0.29) is 22.0 Å². The van der Waals surface area contributed by atoms with Gasteiger partial charge in [-0.1, -0.05) is 23.7 Å². The summed E-state index contributed by atoms with van der Waals surface area (Å²) in [4.78, 5) is 43.2. The molecule has 136 valence electrons. The van der Waals surface area contributed by atoms with Gasteiger partial charge in [0.25, 0.3) is 5.91 Å². The van der Waals surface area contributed by atoms with Crippen LogP contribution in [0.2, 0.25) is 5.02 Å². The van der Waals surface area contributed by atoms with Gasteiger partial charge in [0.15, 0.2) is 12.3 Å². The van der Waals surface area contributed by atoms with E-state index in [1.54, 1.807) is 24.3 Å². The predicted octanol–water partition coefficient (Wildman–Crippen LogP) is 2.78. The molecule has 0 radical (unpaired) electrons. The third-order valence-corrected chi connectivity index (χ3v) is 3.81. The van der Waals surface area contributed by atoms with Crippen molar-refractivity contribution in [1.82, 2.24) is 9.97 Å². The summed E-state index contributed by atoms with van der Waals surface area (Å²) in [5, 5.41) is 11.5. The third-order valence-electron chi connectivity index (χ3n) is 3.48. The largest absolute Gasteiger partial charge is 0.478 e. The van der Waals surface area contributed by atoms with Crippen LogP contribution in [0.3, 0.4) is 0 Å². The number of carbonyl (C=O) groups excluding carboxylic acids is 2. The van der Waals surface area contributed by atoms with E-state index in [0.717, 1.165) is 0 Å². The van der Waals surface area contributed by atoms with Crippen LogP contribution in [0.25, 0.3) is 11.0 Å². The molecule has 0 fully saturated rings. The van der Waals surface area contributed by atoms with E-state index in [0.29, 0.717) is 11.0 Å². The standard InChI is InChI=1S/C18H12ClN3O5/c19-11-6-5-10(17(24)25)7-14(11)22-16(23)9-27-18(26)15-8-20-12-3-1-2-4-13(12)21-15/h1-8H,9H2,(H,22,23)(H,24,25). The van der Waals surface area contributed by atoms with Gasteiger partial charge in [-0.2, -0.15) is 0 Å². The molecular formula is C18H12ClN3O5. The summed E-state index contributed by atoms with van der Waals surface area (Å²) in [6.45, 7) is -0.596. The number of nitrogens with one attached hydrogen (secondary N) is 1. The van der Waals surface area contributed by atoms with Crippen molar-refractivity contribution in [3.8, 4) is 0 Å². The number of carboxylic acid groups (broad SMARTS) is 1. The molecule has 0 unspecified atom stereocenters. The maximum atomic E-state index is 12.0. The summed E-state index contributed by atoms with van der Waals surface area (Å²) < 4.78 is 4.92. The number of rotatable bonds is 5. The number of anilines is 1. The average Bonchev–Trinajstić information content (AvgIpc) is 2.67. The Morgan fingerprint density at radius 3 is 2.59 bits per heavy atom. The number of hydrogen-bond donors (Lipinski definition) is 2. The third kappa shape index (κ3) is 4.36. The SMILES string of the molecule is O=C(COC(=O)c1cnc2ccccc2n1)Nc1cc(C(=O)O)ccc1Cl. The van der Waals surface area contributed by atoms with Crippen molar-refractivity contribution >= 4 is 46.2 Å². The van der Waals surface area contributed by atoms with Crippen molar-refractivity contribution in [1.29, 1.82) is 0 Å². The van der Waals surface area contributed by atoms with Crippen molar-refractivity contribution in [3.05, 3.63) is 64.9 Å². The van der Waals surface area contributed by atoms with E-state index in [4.69, 9.17) is 21.4 Å². The van der Waals surface area contributed by atoms with E-state index < -0.39 is 24.5 Å². The summed E-state index contributed by atoms with van der Waals surface area (Å²) in [5.41, 5.74) is 1.17. The zero-order chi connectivity index (χ0) is 19.4. The fraction of sp³-hybridized carbons (Fsp3) is 0.0556. The molecule has 0 bridgehead atoms. The van der Waals surface area contributed by atoms with Gasteiger partial charge in [-0.25, -0.2) is 14.6 Å². The predicted molar refractivity (Wildman–Crippen MR) is 96.9 cm³/mol. The number of aromatic carboxylic acids is 1. The van der Waals surface area contributed by atoms with E-state index in [9.17, 15) is 14.4 Å². The van der Waals surface area contributed by atoms with Gasteiger partial charge in [-0.05, 0) is 30.3 Å². The number of para-hydroxylation sites is 2. The molecule has 0 aliphatic carbocycles. The van der Waals surface area contributed by atoms with Crippen LogP contribution in [0, 0.1) is 0 Å². The summed E-state index contributed by atoms with van der Waals surface area (Å²) in [6.07, 6.45) is 1.26. The highest BCUT2D eigenvalue weighted by Crippen LogP contribution is 2.23. The Labute approximate surface area is 157 Å². The second-order valence-electron chi connectivity index (χ2n) is 5.37. The maximum Gasteiger partial charge on any atom is 0.359 e. The lowest BCUT2D eigenvalue weighted by atomic mass is 10.2. The first-order chi connectivity index (χ1) is 12.9. The zero-order valence-electron chi connectivity index (χ0n) is 13.7. The molecule has 27 heavy (non-hydrogen) atoms. The second-order valence-corrected chi connectivity index (χ2v) is 5.78. The number of benzene rings is 2. The first-order valence-corrected chi connectivity index (χ1v) is 8.03. The molecule has 3 aromatic rings. The van der Waals surface area contributed by atoms with Gasteiger partial charge in [-0.15, -0.1) is 0 Å². The van der Waals surface area contributed by atoms with Gasteiger partial charge in [0.05, 0.1) is 33.5 Å². The number of hydrogen-bond acceptors (Lipinski definition) is 6. The van der Waals surface area contributed by atoms with Crippen LogP contribution in [0.1, 0.15) is 20.8 Å². The number of fused-ring (bicyclic) bond motifs is 1. The minimum Gasteiger partial charge on any atom is -0.478 e. The molecule has 0 saturated heterocycles. The Hall–Kier alpha value is -3.52. The van der Waals surface area contributed by atoms with E-state index in [1.165, 1.54) is 24.4 Å². The second kappa shape index (κ2) is 7.79. The summed E-state index contributed by atoms with van der Waals surface area (Å²) in [7, 11) is 0. The number of carboxylic acids is 1. The lowest BCUT2D eigenvalue weighted by Gasteiger charge is -2.09. The molecular weight excluding hydrogens is 374 g/mol. The molecule has 0 aliphatic heterocycles. The normalized spacial score (nSPS) is 10.4. The van der Waals surface area contributed by atoms with Crippen LogP contribution < -0.4 is 5.32 Å². The molecule has 1 heterocycles. The van der Waals surface area contributed by atoms with Gasteiger partial charge >= 0.3 is 11.9 Å². The molecule has 0 aliphatic rings. The molecule has 0 saturated carbocycles. The Morgan fingerprint density at radius 2 is 1.85 bits per heavy atom. The molecule has 1 amide bonds. The van der Waals surface area contributed by atoms with E-state index in [2.05, 4.69) is 15.3 Å². The van der Waals surface area contributed by atoms with Crippen LogP contribution in [-0.4, -0.2) is 39.5 Å². The Morgan fingerprint density at radius 1 is 1.11 bits per heavy atom. The smallest absolute Gasteiger partial charge is 0.359 e. The highest BCUT2D eigenvalue weighted by Gasteiger charge is 2.15. The topological polar surface area (TPSA) is 118 Å². The van der Waals surface area contributed by atoms with Gasteiger partial charge < -0.3 is 15.2 Å². The van der Waals surface area contributed by atoms with Crippen molar-refractivity contribution in [3.63, 3.8) is 0 Å². The molecule has 8 nitrogen and oxygen atoms in total. The molecule has 2 N–H and O–H groups in total. The van der Waals surface area contributed by atoms with Crippen LogP contribution in [0.4, 0.5) is 5.69 Å². The fourth-order valence-corrected chi connectivity index (χ4v) is 2.37. The summed E-state index contributed by atoms with van der Waals surface area (Å²) in [5.74, 6) is -2.65. The maximum absolute atomic E-state index is 12.0. The van der Waals surface area contributed by atoms with Gasteiger partial charge in [0.1, 0.15) is 0 Å². The molecule has 0 atom stereocenters. The Bertz CT molecular complexity index is 1050. The number of aromatic nitrogens is 2. The van der Waals surface area contributed by atoms with Crippen molar-refractivity contribution in [2.75, 3.05) is 11.9 Å². The first-order valence-electron chi connectivity index (χ1n) is 7.65. The van der Waals surface area contributed by atoms with Crippen molar-refractivity contribution < 1.29 is 24.2 Å². The van der Waals surface area contributed by atoms with Crippen LogP contribution in [0.5, 0.6) is 0 Å². The molecule has 2 aromatic carbocycles. The van der Waals surface area contributed by atoms with Gasteiger partial charge in [-0.3, -0.25) is 9.78 Å². The Kier molecular flexibility index (Phi) is 5.28. The number of amides is 1. The van der Waals surface area contributed by atoms with E-state index >= 15 is 0 Å². The fourth-order valence-electron chi connectivity index (χ4n) is 2.20. The highest BCUT2D eigenvalue weighted by molar-refractivity contribution is 6.33. The lowest BCUT2D eigenvalue weighted by Crippen LogP contribution is -2.21. The minimum atomic E-state index is -1.16. The first kappa shape index (κ1) is 18.3. The summed E-state index contributed by atoms with van der Waals surface area (Å²) in [6, 6.07) is 10.9. The van der Waals surface area contributed by atoms with Crippen LogP contribution in [0.15, 0.2) is 48.7 Å². The monoisotopic (exact) mass is 385 g/mol. The Balaban J connectivity index is 1.64. The number of ether oxygens (including phenoxy) is 1. The minimum absolute atomic E-state index is 0.0348. The highest BCUT2D eigenvalue weighted by atomic mass is 35.5. The molecule has 3 rings (SSSR count). The zero-order valence-corrected chi connectivity index (χ0v) is 14.4. The van der Waals surface area contributed by atoms with Crippen molar-refractivity contribution in [2.24, 2.45) is 0 Å². The van der Waals surface area contributed by atoms with E-state index in [1.807, 2.05) is 0 Å². The number of halogens is 1. The number of esters is 1. The number of carbonyl (C=O) groups is 3. The van der Waals surface area contributed by atoms with Crippen molar-refractivity contribution in [2.45, 2.75) is 0 Å². The number of nitrogens with zero attached hydrogens (tertiary/aromatic N) is 2.